The van der Waals surface area contributed by atoms with Crippen molar-refractivity contribution in [2.24, 2.45) is 0 Å². The number of hydrogen-bond donors (Lipinski definition) is 2. The normalized spacial score (nSPS) is 13.0. The van der Waals surface area contributed by atoms with E-state index in [1.165, 1.54) is 243 Å². The second-order valence-electron chi connectivity index (χ2n) is 16.6. The molecule has 0 unspecified atom stereocenters. The van der Waals surface area contributed by atoms with Crippen LogP contribution in [0, 0.1) is 0 Å². The molecular formula is C47H94N3O+. The molecule has 0 bridgehead atoms. The van der Waals surface area contributed by atoms with Crippen molar-refractivity contribution in [3.05, 3.63) is 0 Å². The number of carbonyl (C=O) groups excluding carboxylic acids is 1. The summed E-state index contributed by atoms with van der Waals surface area (Å²) in [6.07, 6.45) is 54.0. The predicted octanol–water partition coefficient (Wildman–Crippen LogP) is 14.4. The van der Waals surface area contributed by atoms with Crippen molar-refractivity contribution in [1.29, 1.82) is 0 Å². The third kappa shape index (κ3) is 34.5. The molecule has 0 saturated carbocycles. The highest BCUT2D eigenvalue weighted by atomic mass is 16.1. The number of carbonyl (C=O) groups is 1. The molecule has 51 heavy (non-hydrogen) atoms. The smallest absolute Gasteiger partial charge is 0.244 e. The topological polar surface area (TPSA) is 44.1 Å². The first kappa shape index (κ1) is 48.0. The van der Waals surface area contributed by atoms with Gasteiger partial charge in [-0.15, -0.1) is 0 Å². The fourth-order valence-electron chi connectivity index (χ4n) is 8.05. The summed E-state index contributed by atoms with van der Waals surface area (Å²) >= 11 is 0. The summed E-state index contributed by atoms with van der Waals surface area (Å²) < 4.78 is 2.48. The molecule has 2 N–H and O–H groups in total. The Hall–Kier alpha value is -1.06. The molecule has 0 aromatic carbocycles. The van der Waals surface area contributed by atoms with E-state index < -0.39 is 0 Å². The SMILES string of the molecule is CCCCCCCCCCCCCCCCCCCCCCC1=[N+](CCNC(=O)CCCCCCCCCCCCCCCCCCC)CCN1. The van der Waals surface area contributed by atoms with Crippen LogP contribution in [0.5, 0.6) is 0 Å². The van der Waals surface area contributed by atoms with E-state index in [0.717, 1.165) is 32.6 Å². The Kier molecular flexibility index (Phi) is 37.7. The highest BCUT2D eigenvalue weighted by Crippen LogP contribution is 2.16. The van der Waals surface area contributed by atoms with E-state index in [1.807, 2.05) is 0 Å². The molecule has 0 aliphatic carbocycles. The highest BCUT2D eigenvalue weighted by Gasteiger charge is 2.19. The minimum Gasteiger partial charge on any atom is -0.352 e. The van der Waals surface area contributed by atoms with Gasteiger partial charge in [0.25, 0.3) is 0 Å². The van der Waals surface area contributed by atoms with Crippen LogP contribution in [-0.4, -0.2) is 42.5 Å². The lowest BCUT2D eigenvalue weighted by molar-refractivity contribution is -0.517. The maximum atomic E-state index is 12.4. The van der Waals surface area contributed by atoms with Crippen molar-refractivity contribution in [2.75, 3.05) is 26.2 Å². The second-order valence-corrected chi connectivity index (χ2v) is 16.6. The van der Waals surface area contributed by atoms with E-state index in [2.05, 4.69) is 29.1 Å². The van der Waals surface area contributed by atoms with E-state index in [0.29, 0.717) is 6.42 Å². The molecule has 302 valence electrons. The van der Waals surface area contributed by atoms with Gasteiger partial charge in [0, 0.05) is 12.8 Å². The van der Waals surface area contributed by atoms with Gasteiger partial charge in [-0.2, -0.15) is 0 Å². The van der Waals surface area contributed by atoms with Crippen LogP contribution >= 0.6 is 0 Å². The Labute approximate surface area is 321 Å². The van der Waals surface area contributed by atoms with E-state index in [4.69, 9.17) is 0 Å². The van der Waals surface area contributed by atoms with Gasteiger partial charge in [-0.3, -0.25) is 14.7 Å². The van der Waals surface area contributed by atoms with Crippen LogP contribution in [0.1, 0.15) is 264 Å². The molecule has 4 nitrogen and oxygen atoms in total. The molecule has 1 amide bonds. The summed E-state index contributed by atoms with van der Waals surface area (Å²) in [5.41, 5.74) is 0. The Morgan fingerprint density at radius 3 is 1.14 bits per heavy atom. The zero-order valence-electron chi connectivity index (χ0n) is 35.3. The summed E-state index contributed by atoms with van der Waals surface area (Å²) in [4.78, 5) is 12.4. The van der Waals surface area contributed by atoms with Gasteiger partial charge in [0.1, 0.15) is 19.6 Å². The van der Waals surface area contributed by atoms with Gasteiger partial charge < -0.3 is 5.32 Å². The Balaban J connectivity index is 1.83. The number of nitrogens with zero attached hydrogens (tertiary/aromatic N) is 1. The number of hydrogen-bond acceptors (Lipinski definition) is 2. The molecule has 0 fully saturated rings. The molecule has 4 heteroatoms. The standard InChI is InChI=1S/C47H93N3O/c1-3-5-7-9-11-13-15-17-19-21-22-23-25-26-28-30-32-34-36-38-40-46-48-42-44-50(46)45-43-49-47(51)41-39-37-35-33-31-29-27-24-20-18-16-14-12-10-8-6-4-2/h3-45H2,1-2H3,(H,49,51)/p+1. The molecule has 1 aliphatic rings. The summed E-state index contributed by atoms with van der Waals surface area (Å²) in [7, 11) is 0. The van der Waals surface area contributed by atoms with Gasteiger partial charge in [-0.1, -0.05) is 239 Å². The van der Waals surface area contributed by atoms with Crippen LogP contribution in [0.3, 0.4) is 0 Å². The highest BCUT2D eigenvalue weighted by molar-refractivity contribution is 5.78. The Morgan fingerprint density at radius 2 is 0.784 bits per heavy atom. The van der Waals surface area contributed by atoms with E-state index >= 15 is 0 Å². The minimum atomic E-state index is 0.249. The van der Waals surface area contributed by atoms with Crippen molar-refractivity contribution < 1.29 is 9.37 Å². The van der Waals surface area contributed by atoms with Crippen LogP contribution in [0.2, 0.25) is 0 Å². The van der Waals surface area contributed by atoms with Gasteiger partial charge in [0.05, 0.1) is 6.54 Å². The van der Waals surface area contributed by atoms with E-state index in [-0.39, 0.29) is 5.91 Å². The van der Waals surface area contributed by atoms with Crippen molar-refractivity contribution in [2.45, 2.75) is 264 Å². The van der Waals surface area contributed by atoms with Gasteiger partial charge in [-0.25, -0.2) is 0 Å². The molecule has 0 spiro atoms. The van der Waals surface area contributed by atoms with Gasteiger partial charge in [0.15, 0.2) is 0 Å². The minimum absolute atomic E-state index is 0.249. The van der Waals surface area contributed by atoms with Crippen LogP contribution in [0.25, 0.3) is 0 Å². The number of rotatable bonds is 42. The maximum absolute atomic E-state index is 12.4. The van der Waals surface area contributed by atoms with E-state index in [1.54, 1.807) is 0 Å². The van der Waals surface area contributed by atoms with Crippen molar-refractivity contribution >= 4 is 11.7 Å². The van der Waals surface area contributed by atoms with Crippen LogP contribution in [0.15, 0.2) is 0 Å². The molecule has 0 atom stereocenters. The average Bonchev–Trinajstić information content (AvgIpc) is 3.59. The molecule has 0 radical (unpaired) electrons. The summed E-state index contributed by atoms with van der Waals surface area (Å²) in [5, 5.41) is 6.82. The second kappa shape index (κ2) is 40.1. The number of unbranched alkanes of at least 4 members (excludes halogenated alkanes) is 35. The molecule has 1 rings (SSSR count). The Morgan fingerprint density at radius 1 is 0.471 bits per heavy atom. The first-order valence-corrected chi connectivity index (χ1v) is 23.9. The lowest BCUT2D eigenvalue weighted by Crippen LogP contribution is -2.32. The van der Waals surface area contributed by atoms with Crippen LogP contribution in [0.4, 0.5) is 0 Å². The van der Waals surface area contributed by atoms with Crippen molar-refractivity contribution in [1.82, 2.24) is 10.6 Å². The van der Waals surface area contributed by atoms with E-state index in [9.17, 15) is 4.79 Å². The van der Waals surface area contributed by atoms with Gasteiger partial charge in [0.2, 0.25) is 11.7 Å². The fourth-order valence-corrected chi connectivity index (χ4v) is 8.05. The molecule has 0 saturated heterocycles. The molecule has 1 aliphatic heterocycles. The monoisotopic (exact) mass is 717 g/mol. The van der Waals surface area contributed by atoms with Crippen molar-refractivity contribution in [3.63, 3.8) is 0 Å². The number of amidine groups is 1. The average molecular weight is 717 g/mol. The molecular weight excluding hydrogens is 623 g/mol. The first-order valence-electron chi connectivity index (χ1n) is 23.9. The number of nitrogens with one attached hydrogen (secondary N) is 2. The fraction of sp³-hybridized carbons (Fsp3) is 0.957. The lowest BCUT2D eigenvalue weighted by Gasteiger charge is -2.07. The molecule has 0 aromatic rings. The van der Waals surface area contributed by atoms with Crippen LogP contribution in [-0.2, 0) is 4.79 Å². The van der Waals surface area contributed by atoms with Crippen LogP contribution < -0.4 is 10.6 Å². The predicted molar refractivity (Wildman–Crippen MR) is 227 cm³/mol. The number of amides is 1. The first-order chi connectivity index (χ1) is 25.3. The van der Waals surface area contributed by atoms with Crippen molar-refractivity contribution in [3.8, 4) is 0 Å². The largest absolute Gasteiger partial charge is 0.352 e. The zero-order valence-corrected chi connectivity index (χ0v) is 35.3. The maximum Gasteiger partial charge on any atom is 0.244 e. The molecule has 1 heterocycles. The lowest BCUT2D eigenvalue weighted by atomic mass is 10.0. The Bertz CT molecular complexity index is 750. The summed E-state index contributed by atoms with van der Waals surface area (Å²) in [5.74, 6) is 1.67. The summed E-state index contributed by atoms with van der Waals surface area (Å²) in [6.45, 7) is 8.48. The third-order valence-corrected chi connectivity index (χ3v) is 11.6. The summed E-state index contributed by atoms with van der Waals surface area (Å²) in [6, 6.07) is 0. The molecule has 0 aromatic heterocycles. The van der Waals surface area contributed by atoms with Gasteiger partial charge >= 0.3 is 0 Å². The van der Waals surface area contributed by atoms with Gasteiger partial charge in [-0.05, 0) is 12.8 Å². The quantitative estimate of drug-likeness (QED) is 0.0488. The zero-order chi connectivity index (χ0) is 36.6. The third-order valence-electron chi connectivity index (χ3n) is 11.6.